The first-order valence-electron chi connectivity index (χ1n) is 9.10. The van der Waals surface area contributed by atoms with Crippen LogP contribution in [0.15, 0.2) is 67.0 Å². The van der Waals surface area contributed by atoms with Gasteiger partial charge in [0.1, 0.15) is 23.9 Å². The molecule has 0 spiro atoms. The highest BCUT2D eigenvalue weighted by atomic mass is 16.5. The number of aromatic nitrogens is 1. The summed E-state index contributed by atoms with van der Waals surface area (Å²) in [5.41, 5.74) is 1.94. The van der Waals surface area contributed by atoms with Crippen LogP contribution in [0.1, 0.15) is 10.4 Å². The molecule has 0 aliphatic rings. The molecule has 2 aromatic carbocycles. The third-order valence-corrected chi connectivity index (χ3v) is 4.10. The number of rotatable bonds is 9. The summed E-state index contributed by atoms with van der Waals surface area (Å²) in [6, 6.07) is 16.5. The molecule has 29 heavy (non-hydrogen) atoms. The summed E-state index contributed by atoms with van der Waals surface area (Å²) >= 11 is 0. The van der Waals surface area contributed by atoms with E-state index in [0.29, 0.717) is 35.9 Å². The number of hydrogen-bond acceptors (Lipinski definition) is 6. The lowest BCUT2D eigenvalue weighted by Crippen LogP contribution is -2.28. The maximum atomic E-state index is 12.4. The van der Waals surface area contributed by atoms with E-state index in [2.05, 4.69) is 15.6 Å². The third-order valence-electron chi connectivity index (χ3n) is 4.10. The van der Waals surface area contributed by atoms with Gasteiger partial charge in [-0.15, -0.1) is 0 Å². The van der Waals surface area contributed by atoms with E-state index in [1.807, 2.05) is 48.5 Å². The predicted molar refractivity (Wildman–Crippen MR) is 111 cm³/mol. The number of pyridine rings is 1. The van der Waals surface area contributed by atoms with Gasteiger partial charge in [0.25, 0.3) is 5.91 Å². The number of carbonyl (C=O) groups is 1. The van der Waals surface area contributed by atoms with E-state index in [1.165, 1.54) is 6.20 Å². The van der Waals surface area contributed by atoms with Crippen LogP contribution in [0.4, 0.5) is 11.4 Å². The summed E-state index contributed by atoms with van der Waals surface area (Å²) in [4.78, 5) is 16.5. The molecule has 1 amide bonds. The number of nitrogens with one attached hydrogen (secondary N) is 2. The molecular formula is C22H23N3O4. The highest BCUT2D eigenvalue weighted by molar-refractivity contribution is 5.94. The molecule has 0 atom stereocenters. The van der Waals surface area contributed by atoms with Gasteiger partial charge in [0.15, 0.2) is 0 Å². The highest BCUT2D eigenvalue weighted by Crippen LogP contribution is 2.26. The first-order chi connectivity index (χ1) is 14.2. The van der Waals surface area contributed by atoms with E-state index in [0.717, 1.165) is 11.4 Å². The van der Waals surface area contributed by atoms with Crippen LogP contribution in [0.5, 0.6) is 17.2 Å². The Hall–Kier alpha value is -3.74. The number of benzene rings is 2. The standard InChI is InChI=1S/C22H23N3O4/c1-27-18-7-9-19(10-8-18)29-12-11-24-22(26)16-13-17(15-23-14-16)25-20-5-3-4-6-21(20)28-2/h3-10,13-15,25H,11-12H2,1-2H3,(H,24,26). The summed E-state index contributed by atoms with van der Waals surface area (Å²) in [5, 5.41) is 6.04. The Morgan fingerprint density at radius 3 is 2.48 bits per heavy atom. The number of amides is 1. The van der Waals surface area contributed by atoms with Crippen LogP contribution in [-0.2, 0) is 0 Å². The average Bonchev–Trinajstić information content (AvgIpc) is 2.77. The van der Waals surface area contributed by atoms with E-state index < -0.39 is 0 Å². The van der Waals surface area contributed by atoms with Gasteiger partial charge in [-0.1, -0.05) is 12.1 Å². The smallest absolute Gasteiger partial charge is 0.253 e. The zero-order chi connectivity index (χ0) is 20.5. The Balaban J connectivity index is 1.52. The third kappa shape index (κ3) is 5.62. The van der Waals surface area contributed by atoms with Crippen LogP contribution in [0.25, 0.3) is 0 Å². The van der Waals surface area contributed by atoms with Crippen molar-refractivity contribution in [1.82, 2.24) is 10.3 Å². The van der Waals surface area contributed by atoms with E-state index in [1.54, 1.807) is 26.5 Å². The lowest BCUT2D eigenvalue weighted by Gasteiger charge is -2.12. The fourth-order valence-corrected chi connectivity index (χ4v) is 2.64. The molecule has 3 rings (SSSR count). The van der Waals surface area contributed by atoms with Crippen LogP contribution in [0, 0.1) is 0 Å². The number of ether oxygens (including phenoxy) is 3. The van der Waals surface area contributed by atoms with Gasteiger partial charge in [-0.25, -0.2) is 0 Å². The second-order valence-corrected chi connectivity index (χ2v) is 6.07. The first-order valence-corrected chi connectivity index (χ1v) is 9.10. The minimum Gasteiger partial charge on any atom is -0.497 e. The van der Waals surface area contributed by atoms with E-state index in [-0.39, 0.29) is 5.91 Å². The maximum absolute atomic E-state index is 12.4. The Morgan fingerprint density at radius 1 is 0.966 bits per heavy atom. The number of carbonyl (C=O) groups excluding carboxylic acids is 1. The molecule has 0 bridgehead atoms. The highest BCUT2D eigenvalue weighted by Gasteiger charge is 2.08. The number of hydrogen-bond donors (Lipinski definition) is 2. The fraction of sp³-hybridized carbons (Fsp3) is 0.182. The molecule has 0 aliphatic heterocycles. The Bertz CT molecular complexity index is 945. The van der Waals surface area contributed by atoms with Crippen molar-refractivity contribution < 1.29 is 19.0 Å². The van der Waals surface area contributed by atoms with Crippen molar-refractivity contribution in [3.8, 4) is 17.2 Å². The normalized spacial score (nSPS) is 10.1. The SMILES string of the molecule is COc1ccc(OCCNC(=O)c2cncc(Nc3ccccc3OC)c2)cc1. The number of para-hydroxylation sites is 2. The maximum Gasteiger partial charge on any atom is 0.253 e. The van der Waals surface area contributed by atoms with Crippen molar-refractivity contribution in [3.63, 3.8) is 0 Å². The average molecular weight is 393 g/mol. The minimum absolute atomic E-state index is 0.223. The van der Waals surface area contributed by atoms with Crippen LogP contribution in [0.3, 0.4) is 0 Å². The van der Waals surface area contributed by atoms with Crippen molar-refractivity contribution in [3.05, 3.63) is 72.6 Å². The van der Waals surface area contributed by atoms with Crippen LogP contribution in [-0.4, -0.2) is 38.3 Å². The van der Waals surface area contributed by atoms with Crippen molar-refractivity contribution >= 4 is 17.3 Å². The van der Waals surface area contributed by atoms with Crippen molar-refractivity contribution in [2.75, 3.05) is 32.7 Å². The molecule has 3 aromatic rings. The lowest BCUT2D eigenvalue weighted by atomic mass is 10.2. The molecule has 7 nitrogen and oxygen atoms in total. The summed E-state index contributed by atoms with van der Waals surface area (Å²) in [6.45, 7) is 0.722. The van der Waals surface area contributed by atoms with Gasteiger partial charge in [0.05, 0.1) is 43.9 Å². The monoisotopic (exact) mass is 393 g/mol. The van der Waals surface area contributed by atoms with Gasteiger partial charge >= 0.3 is 0 Å². The molecule has 2 N–H and O–H groups in total. The number of nitrogens with zero attached hydrogens (tertiary/aromatic N) is 1. The van der Waals surface area contributed by atoms with Gasteiger partial charge < -0.3 is 24.8 Å². The van der Waals surface area contributed by atoms with E-state index in [4.69, 9.17) is 14.2 Å². The molecule has 0 radical (unpaired) electrons. The summed E-state index contributed by atoms with van der Waals surface area (Å²) in [5.74, 6) is 1.96. The number of methoxy groups -OCH3 is 2. The summed E-state index contributed by atoms with van der Waals surface area (Å²) < 4.78 is 16.0. The zero-order valence-corrected chi connectivity index (χ0v) is 16.3. The van der Waals surface area contributed by atoms with Crippen molar-refractivity contribution in [1.29, 1.82) is 0 Å². The summed E-state index contributed by atoms with van der Waals surface area (Å²) in [7, 11) is 3.22. The second-order valence-electron chi connectivity index (χ2n) is 6.07. The summed E-state index contributed by atoms with van der Waals surface area (Å²) in [6.07, 6.45) is 3.17. The molecular weight excluding hydrogens is 370 g/mol. The van der Waals surface area contributed by atoms with Crippen molar-refractivity contribution in [2.45, 2.75) is 0 Å². The topological polar surface area (TPSA) is 81.7 Å². The van der Waals surface area contributed by atoms with Gasteiger partial charge in [0.2, 0.25) is 0 Å². The fourth-order valence-electron chi connectivity index (χ4n) is 2.64. The van der Waals surface area contributed by atoms with Gasteiger partial charge in [0, 0.05) is 6.20 Å². The lowest BCUT2D eigenvalue weighted by molar-refractivity contribution is 0.0946. The molecule has 7 heteroatoms. The van der Waals surface area contributed by atoms with Crippen LogP contribution in [0.2, 0.25) is 0 Å². The second kappa shape index (κ2) is 9.98. The molecule has 0 saturated carbocycles. The molecule has 1 aromatic heterocycles. The van der Waals surface area contributed by atoms with E-state index in [9.17, 15) is 4.79 Å². The van der Waals surface area contributed by atoms with Crippen LogP contribution >= 0.6 is 0 Å². The molecule has 0 unspecified atom stereocenters. The van der Waals surface area contributed by atoms with Gasteiger partial charge in [-0.3, -0.25) is 9.78 Å². The van der Waals surface area contributed by atoms with Crippen LogP contribution < -0.4 is 24.8 Å². The Labute approximate surface area is 169 Å². The van der Waals surface area contributed by atoms with Gasteiger partial charge in [-0.2, -0.15) is 0 Å². The molecule has 0 aliphatic carbocycles. The number of anilines is 2. The molecule has 1 heterocycles. The van der Waals surface area contributed by atoms with Gasteiger partial charge in [-0.05, 0) is 42.5 Å². The predicted octanol–water partition coefficient (Wildman–Crippen LogP) is 3.65. The first kappa shape index (κ1) is 20.0. The molecule has 0 saturated heterocycles. The Kier molecular flexibility index (Phi) is 6.89. The molecule has 150 valence electrons. The minimum atomic E-state index is -0.223. The van der Waals surface area contributed by atoms with E-state index >= 15 is 0 Å². The van der Waals surface area contributed by atoms with Crippen molar-refractivity contribution in [2.24, 2.45) is 0 Å². The largest absolute Gasteiger partial charge is 0.497 e. The quantitative estimate of drug-likeness (QED) is 0.540. The Morgan fingerprint density at radius 2 is 1.72 bits per heavy atom. The zero-order valence-electron chi connectivity index (χ0n) is 16.3. The molecule has 0 fully saturated rings.